The van der Waals surface area contributed by atoms with E-state index in [-0.39, 0.29) is 18.3 Å². The molecule has 4 heteroatoms. The Hall–Kier alpha value is -1.04. The fraction of sp³-hybridized carbons (Fsp3) is 0.100. The summed E-state index contributed by atoms with van der Waals surface area (Å²) in [6.07, 6.45) is 0. The fourth-order valence-corrected chi connectivity index (χ4v) is 1.92. The number of ether oxygens (including phenoxy) is 1. The van der Waals surface area contributed by atoms with E-state index in [0.717, 1.165) is 9.13 Å². The fourth-order valence-electron chi connectivity index (χ4n) is 1.37. The predicted molar refractivity (Wildman–Crippen MR) is 61.2 cm³/mol. The highest BCUT2D eigenvalue weighted by atomic mass is 127. The van der Waals surface area contributed by atoms with Crippen molar-refractivity contribution in [3.63, 3.8) is 0 Å². The molecule has 0 aliphatic carbocycles. The molecular weight excluding hydrogens is 293 g/mol. The molecule has 1 aromatic rings. The molecule has 0 fully saturated rings. The SMILES string of the molecule is NC1=C(c2cccc(I)c2)C(=O)CO1. The zero-order chi connectivity index (χ0) is 10.1. The molecule has 1 heterocycles. The van der Waals surface area contributed by atoms with E-state index in [1.165, 1.54) is 0 Å². The van der Waals surface area contributed by atoms with Crippen LogP contribution in [0.15, 0.2) is 30.1 Å². The third kappa shape index (κ3) is 1.61. The van der Waals surface area contributed by atoms with Crippen LogP contribution in [0.2, 0.25) is 0 Å². The number of halogens is 1. The van der Waals surface area contributed by atoms with Crippen molar-refractivity contribution in [2.24, 2.45) is 5.73 Å². The number of hydrogen-bond acceptors (Lipinski definition) is 3. The van der Waals surface area contributed by atoms with E-state index in [9.17, 15) is 4.79 Å². The molecule has 0 saturated heterocycles. The summed E-state index contributed by atoms with van der Waals surface area (Å²) < 4.78 is 6.05. The van der Waals surface area contributed by atoms with Gasteiger partial charge in [-0.3, -0.25) is 4.79 Å². The number of carbonyl (C=O) groups is 1. The van der Waals surface area contributed by atoms with E-state index in [1.54, 1.807) is 0 Å². The third-order valence-electron chi connectivity index (χ3n) is 2.00. The van der Waals surface area contributed by atoms with Crippen molar-refractivity contribution in [1.82, 2.24) is 0 Å². The van der Waals surface area contributed by atoms with Gasteiger partial charge in [0.25, 0.3) is 0 Å². The Morgan fingerprint density at radius 1 is 1.43 bits per heavy atom. The molecule has 0 radical (unpaired) electrons. The topological polar surface area (TPSA) is 52.3 Å². The predicted octanol–water partition coefficient (Wildman–Crippen LogP) is 1.52. The van der Waals surface area contributed by atoms with Gasteiger partial charge in [0.2, 0.25) is 5.78 Å². The highest BCUT2D eigenvalue weighted by Gasteiger charge is 2.24. The normalized spacial score (nSPS) is 15.9. The molecule has 3 nitrogen and oxygen atoms in total. The molecule has 1 aromatic carbocycles. The van der Waals surface area contributed by atoms with Crippen LogP contribution in [0, 0.1) is 3.57 Å². The van der Waals surface area contributed by atoms with Gasteiger partial charge in [0, 0.05) is 3.57 Å². The summed E-state index contributed by atoms with van der Waals surface area (Å²) in [7, 11) is 0. The van der Waals surface area contributed by atoms with Crippen molar-refractivity contribution in [3.05, 3.63) is 39.3 Å². The molecule has 0 spiro atoms. The summed E-state index contributed by atoms with van der Waals surface area (Å²) >= 11 is 2.19. The standard InChI is InChI=1S/C10H8INO2/c11-7-3-1-2-6(4-7)9-8(13)5-14-10(9)12/h1-4H,5,12H2. The van der Waals surface area contributed by atoms with Crippen LogP contribution in [-0.2, 0) is 9.53 Å². The average Bonchev–Trinajstić information content (AvgIpc) is 2.46. The van der Waals surface area contributed by atoms with Crippen molar-refractivity contribution < 1.29 is 9.53 Å². The van der Waals surface area contributed by atoms with Gasteiger partial charge in [-0.2, -0.15) is 0 Å². The largest absolute Gasteiger partial charge is 0.470 e. The number of nitrogens with two attached hydrogens (primary N) is 1. The first-order valence-corrected chi connectivity index (χ1v) is 5.18. The summed E-state index contributed by atoms with van der Waals surface area (Å²) in [5, 5.41) is 0. The zero-order valence-electron chi connectivity index (χ0n) is 7.29. The molecular formula is C10H8INO2. The summed E-state index contributed by atoms with van der Waals surface area (Å²) in [6, 6.07) is 7.62. The van der Waals surface area contributed by atoms with Gasteiger partial charge in [-0.05, 0) is 40.3 Å². The molecule has 0 amide bonds. The van der Waals surface area contributed by atoms with Gasteiger partial charge in [0.15, 0.2) is 12.5 Å². The highest BCUT2D eigenvalue weighted by Crippen LogP contribution is 2.24. The minimum Gasteiger partial charge on any atom is -0.470 e. The van der Waals surface area contributed by atoms with E-state index < -0.39 is 0 Å². The molecule has 0 bridgehead atoms. The average molecular weight is 301 g/mol. The van der Waals surface area contributed by atoms with Crippen LogP contribution < -0.4 is 5.73 Å². The van der Waals surface area contributed by atoms with Crippen LogP contribution in [0.3, 0.4) is 0 Å². The molecule has 2 N–H and O–H groups in total. The minimum atomic E-state index is -0.0514. The summed E-state index contributed by atoms with van der Waals surface area (Å²) in [5.41, 5.74) is 6.92. The highest BCUT2D eigenvalue weighted by molar-refractivity contribution is 14.1. The third-order valence-corrected chi connectivity index (χ3v) is 2.67. The van der Waals surface area contributed by atoms with Crippen LogP contribution in [0.25, 0.3) is 5.57 Å². The van der Waals surface area contributed by atoms with Gasteiger partial charge in [-0.15, -0.1) is 0 Å². The smallest absolute Gasteiger partial charge is 0.206 e. The Morgan fingerprint density at radius 2 is 2.21 bits per heavy atom. The number of Topliss-reactive ketones (excluding diaryl/α,β-unsaturated/α-hetero) is 1. The number of rotatable bonds is 1. The molecule has 0 aromatic heterocycles. The van der Waals surface area contributed by atoms with Crippen molar-refractivity contribution in [1.29, 1.82) is 0 Å². The zero-order valence-corrected chi connectivity index (χ0v) is 9.45. The summed E-state index contributed by atoms with van der Waals surface area (Å²) in [6.45, 7) is 0.0621. The molecule has 2 rings (SSSR count). The molecule has 0 saturated carbocycles. The monoisotopic (exact) mass is 301 g/mol. The number of ketones is 1. The van der Waals surface area contributed by atoms with Gasteiger partial charge in [-0.25, -0.2) is 0 Å². The van der Waals surface area contributed by atoms with Gasteiger partial charge < -0.3 is 10.5 Å². The maximum Gasteiger partial charge on any atom is 0.206 e. The Morgan fingerprint density at radius 3 is 2.79 bits per heavy atom. The second kappa shape index (κ2) is 3.61. The van der Waals surface area contributed by atoms with Crippen LogP contribution in [0.4, 0.5) is 0 Å². The second-order valence-corrected chi connectivity index (χ2v) is 4.21. The van der Waals surface area contributed by atoms with E-state index in [0.29, 0.717) is 5.57 Å². The maximum atomic E-state index is 11.4. The number of hydrogen-bond donors (Lipinski definition) is 1. The Bertz CT molecular complexity index is 426. The van der Waals surface area contributed by atoms with Gasteiger partial charge >= 0.3 is 0 Å². The molecule has 14 heavy (non-hydrogen) atoms. The van der Waals surface area contributed by atoms with Gasteiger partial charge in [-0.1, -0.05) is 12.1 Å². The molecule has 0 unspecified atom stereocenters. The van der Waals surface area contributed by atoms with Gasteiger partial charge in [0.05, 0.1) is 5.57 Å². The van der Waals surface area contributed by atoms with Crippen LogP contribution in [0.5, 0.6) is 0 Å². The number of carbonyl (C=O) groups excluding carboxylic acids is 1. The Balaban J connectivity index is 2.49. The van der Waals surface area contributed by atoms with Crippen LogP contribution in [-0.4, -0.2) is 12.4 Å². The lowest BCUT2D eigenvalue weighted by Crippen LogP contribution is -2.01. The number of benzene rings is 1. The van der Waals surface area contributed by atoms with Crippen molar-refractivity contribution in [2.45, 2.75) is 0 Å². The Labute approximate surface area is 95.1 Å². The maximum absolute atomic E-state index is 11.4. The minimum absolute atomic E-state index is 0.0514. The Kier molecular flexibility index (Phi) is 2.45. The second-order valence-electron chi connectivity index (χ2n) is 2.96. The van der Waals surface area contributed by atoms with Crippen LogP contribution >= 0.6 is 22.6 Å². The molecule has 0 atom stereocenters. The van der Waals surface area contributed by atoms with Crippen LogP contribution in [0.1, 0.15) is 5.56 Å². The molecule has 72 valence electrons. The first-order chi connectivity index (χ1) is 6.68. The first-order valence-electron chi connectivity index (χ1n) is 4.10. The molecule has 1 aliphatic rings. The lowest BCUT2D eigenvalue weighted by Gasteiger charge is -2.00. The molecule has 1 aliphatic heterocycles. The lowest BCUT2D eigenvalue weighted by atomic mass is 10.0. The van der Waals surface area contributed by atoms with Crippen molar-refractivity contribution >= 4 is 33.9 Å². The van der Waals surface area contributed by atoms with Crippen molar-refractivity contribution in [2.75, 3.05) is 6.61 Å². The van der Waals surface area contributed by atoms with Crippen molar-refractivity contribution in [3.8, 4) is 0 Å². The summed E-state index contributed by atoms with van der Waals surface area (Å²) in [4.78, 5) is 11.4. The summed E-state index contributed by atoms with van der Waals surface area (Å²) in [5.74, 6) is 0.182. The van der Waals surface area contributed by atoms with Gasteiger partial charge in [0.1, 0.15) is 0 Å². The van der Waals surface area contributed by atoms with E-state index >= 15 is 0 Å². The van der Waals surface area contributed by atoms with E-state index in [4.69, 9.17) is 10.5 Å². The lowest BCUT2D eigenvalue weighted by molar-refractivity contribution is -0.115. The first kappa shape index (κ1) is 9.51. The van der Waals surface area contributed by atoms with E-state index in [1.807, 2.05) is 24.3 Å². The van der Waals surface area contributed by atoms with E-state index in [2.05, 4.69) is 22.6 Å². The quantitative estimate of drug-likeness (QED) is 0.800.